The summed E-state index contributed by atoms with van der Waals surface area (Å²) in [4.78, 5) is 0. The molecule has 22 heavy (non-hydrogen) atoms. The zero-order valence-corrected chi connectivity index (χ0v) is 13.5. The number of rotatable bonds is 7. The van der Waals surface area contributed by atoms with E-state index >= 15 is 0 Å². The Morgan fingerprint density at radius 3 is 2.32 bits per heavy atom. The number of aliphatic hydroxyl groups excluding tert-OH is 1. The summed E-state index contributed by atoms with van der Waals surface area (Å²) >= 11 is 0. The van der Waals surface area contributed by atoms with Crippen LogP contribution in [0.1, 0.15) is 31.9 Å². The largest absolute Gasteiger partial charge is 0.490 e. The highest BCUT2D eigenvalue weighted by molar-refractivity contribution is 5.50. The minimum atomic E-state index is -0.390. The summed E-state index contributed by atoms with van der Waals surface area (Å²) in [5.74, 6) is 1.43. The van der Waals surface area contributed by atoms with Gasteiger partial charge in [-0.15, -0.1) is 0 Å². The Hall–Kier alpha value is -2.00. The molecule has 3 heteroatoms. The SMILES string of the molecule is CCOc1cccc(C(C)(C)CO)c1OCc1ccccc1. The van der Waals surface area contributed by atoms with Crippen LogP contribution in [0.5, 0.6) is 11.5 Å². The van der Waals surface area contributed by atoms with Crippen molar-refractivity contribution in [2.45, 2.75) is 32.8 Å². The first-order chi connectivity index (χ1) is 10.6. The van der Waals surface area contributed by atoms with Gasteiger partial charge in [0.05, 0.1) is 13.2 Å². The van der Waals surface area contributed by atoms with Gasteiger partial charge in [-0.25, -0.2) is 0 Å². The highest BCUT2D eigenvalue weighted by Gasteiger charge is 2.26. The van der Waals surface area contributed by atoms with Crippen LogP contribution in [0.4, 0.5) is 0 Å². The topological polar surface area (TPSA) is 38.7 Å². The molecular formula is C19H24O3. The summed E-state index contributed by atoms with van der Waals surface area (Å²) in [6.45, 7) is 7.03. The molecule has 1 N–H and O–H groups in total. The number of para-hydroxylation sites is 1. The molecule has 0 atom stereocenters. The average Bonchev–Trinajstić information content (AvgIpc) is 2.54. The summed E-state index contributed by atoms with van der Waals surface area (Å²) in [7, 11) is 0. The minimum absolute atomic E-state index is 0.0459. The first-order valence-corrected chi connectivity index (χ1v) is 7.62. The Labute approximate surface area is 132 Å². The van der Waals surface area contributed by atoms with Crippen molar-refractivity contribution in [3.63, 3.8) is 0 Å². The van der Waals surface area contributed by atoms with Gasteiger partial charge in [-0.1, -0.05) is 56.3 Å². The third-order valence-corrected chi connectivity index (χ3v) is 3.63. The Balaban J connectivity index is 2.33. The molecule has 0 saturated heterocycles. The lowest BCUT2D eigenvalue weighted by molar-refractivity contribution is 0.207. The highest BCUT2D eigenvalue weighted by atomic mass is 16.5. The summed E-state index contributed by atoms with van der Waals surface area (Å²) in [6, 6.07) is 15.8. The molecule has 0 radical (unpaired) electrons. The van der Waals surface area contributed by atoms with Crippen molar-refractivity contribution in [1.82, 2.24) is 0 Å². The molecule has 0 unspecified atom stereocenters. The molecule has 2 aromatic rings. The van der Waals surface area contributed by atoms with E-state index in [2.05, 4.69) is 0 Å². The Kier molecular flexibility index (Phi) is 5.45. The molecule has 2 aromatic carbocycles. The maximum absolute atomic E-state index is 9.68. The normalized spacial score (nSPS) is 11.3. The first kappa shape index (κ1) is 16.4. The molecule has 118 valence electrons. The summed E-state index contributed by atoms with van der Waals surface area (Å²) in [5, 5.41) is 9.68. The van der Waals surface area contributed by atoms with E-state index in [4.69, 9.17) is 9.47 Å². The van der Waals surface area contributed by atoms with Gasteiger partial charge in [0.15, 0.2) is 11.5 Å². The van der Waals surface area contributed by atoms with Gasteiger partial charge in [-0.05, 0) is 18.6 Å². The molecule has 0 bridgehead atoms. The summed E-state index contributed by atoms with van der Waals surface area (Å²) in [6.07, 6.45) is 0. The average molecular weight is 300 g/mol. The van der Waals surface area contributed by atoms with Crippen molar-refractivity contribution >= 4 is 0 Å². The van der Waals surface area contributed by atoms with Crippen molar-refractivity contribution in [2.75, 3.05) is 13.2 Å². The number of benzene rings is 2. The van der Waals surface area contributed by atoms with Crippen LogP contribution in [-0.4, -0.2) is 18.3 Å². The molecule has 0 spiro atoms. The van der Waals surface area contributed by atoms with Gasteiger partial charge in [0.25, 0.3) is 0 Å². The van der Waals surface area contributed by atoms with Crippen LogP contribution in [0, 0.1) is 0 Å². The van der Waals surface area contributed by atoms with Crippen molar-refractivity contribution < 1.29 is 14.6 Å². The van der Waals surface area contributed by atoms with Crippen LogP contribution in [-0.2, 0) is 12.0 Å². The zero-order chi connectivity index (χ0) is 16.0. The highest BCUT2D eigenvalue weighted by Crippen LogP contribution is 2.39. The molecule has 0 aliphatic rings. The summed E-state index contributed by atoms with van der Waals surface area (Å²) in [5.41, 5.74) is 1.66. The fourth-order valence-corrected chi connectivity index (χ4v) is 2.28. The van der Waals surface area contributed by atoms with Gasteiger partial charge in [-0.2, -0.15) is 0 Å². The van der Waals surface area contributed by atoms with E-state index in [1.807, 2.05) is 69.3 Å². The van der Waals surface area contributed by atoms with E-state index in [0.29, 0.717) is 19.0 Å². The second kappa shape index (κ2) is 7.32. The molecule has 2 rings (SSSR count). The lowest BCUT2D eigenvalue weighted by atomic mass is 9.84. The fraction of sp³-hybridized carbons (Fsp3) is 0.368. The fourth-order valence-electron chi connectivity index (χ4n) is 2.28. The third kappa shape index (κ3) is 3.80. The van der Waals surface area contributed by atoms with Crippen LogP contribution in [0.25, 0.3) is 0 Å². The van der Waals surface area contributed by atoms with Gasteiger partial charge < -0.3 is 14.6 Å². The Bertz CT molecular complexity index is 591. The first-order valence-electron chi connectivity index (χ1n) is 7.62. The van der Waals surface area contributed by atoms with Gasteiger partial charge in [-0.3, -0.25) is 0 Å². The lowest BCUT2D eigenvalue weighted by Gasteiger charge is -2.26. The van der Waals surface area contributed by atoms with E-state index in [9.17, 15) is 5.11 Å². The van der Waals surface area contributed by atoms with Crippen LogP contribution >= 0.6 is 0 Å². The predicted octanol–water partition coefficient (Wildman–Crippen LogP) is 3.93. The third-order valence-electron chi connectivity index (χ3n) is 3.63. The number of hydrogen-bond donors (Lipinski definition) is 1. The van der Waals surface area contributed by atoms with Crippen molar-refractivity contribution in [1.29, 1.82) is 0 Å². The number of hydrogen-bond acceptors (Lipinski definition) is 3. The minimum Gasteiger partial charge on any atom is -0.490 e. The zero-order valence-electron chi connectivity index (χ0n) is 13.5. The van der Waals surface area contributed by atoms with Gasteiger partial charge in [0.2, 0.25) is 0 Å². The second-order valence-electron chi connectivity index (χ2n) is 5.88. The van der Waals surface area contributed by atoms with E-state index in [-0.39, 0.29) is 12.0 Å². The summed E-state index contributed by atoms with van der Waals surface area (Å²) < 4.78 is 11.8. The number of aliphatic hydroxyl groups is 1. The maximum atomic E-state index is 9.68. The second-order valence-corrected chi connectivity index (χ2v) is 5.88. The van der Waals surface area contributed by atoms with Crippen LogP contribution in [0.3, 0.4) is 0 Å². The lowest BCUT2D eigenvalue weighted by Crippen LogP contribution is -2.23. The molecule has 0 fully saturated rings. The Morgan fingerprint density at radius 1 is 0.955 bits per heavy atom. The quantitative estimate of drug-likeness (QED) is 0.842. The van der Waals surface area contributed by atoms with Gasteiger partial charge >= 0.3 is 0 Å². The van der Waals surface area contributed by atoms with Crippen LogP contribution < -0.4 is 9.47 Å². The van der Waals surface area contributed by atoms with Crippen LogP contribution in [0.2, 0.25) is 0 Å². The molecule has 0 heterocycles. The van der Waals surface area contributed by atoms with E-state index in [1.54, 1.807) is 0 Å². The van der Waals surface area contributed by atoms with E-state index < -0.39 is 0 Å². The molecule has 0 aliphatic heterocycles. The molecular weight excluding hydrogens is 276 g/mol. The molecule has 0 saturated carbocycles. The standard InChI is InChI=1S/C19H24O3/c1-4-21-17-12-8-11-16(19(2,3)14-20)18(17)22-13-15-9-6-5-7-10-15/h5-12,20H,4,13-14H2,1-3H3. The van der Waals surface area contributed by atoms with E-state index in [0.717, 1.165) is 16.9 Å². The molecule has 0 aromatic heterocycles. The van der Waals surface area contributed by atoms with Crippen LogP contribution in [0.15, 0.2) is 48.5 Å². The number of ether oxygens (including phenoxy) is 2. The predicted molar refractivity (Wildman–Crippen MR) is 88.5 cm³/mol. The van der Waals surface area contributed by atoms with Crippen molar-refractivity contribution in [3.05, 3.63) is 59.7 Å². The molecule has 0 aliphatic carbocycles. The molecule has 0 amide bonds. The Morgan fingerprint density at radius 2 is 1.68 bits per heavy atom. The van der Waals surface area contributed by atoms with Crippen molar-refractivity contribution in [3.8, 4) is 11.5 Å². The molecule has 3 nitrogen and oxygen atoms in total. The van der Waals surface area contributed by atoms with Gasteiger partial charge in [0, 0.05) is 11.0 Å². The van der Waals surface area contributed by atoms with Gasteiger partial charge in [0.1, 0.15) is 6.61 Å². The maximum Gasteiger partial charge on any atom is 0.165 e. The van der Waals surface area contributed by atoms with E-state index in [1.165, 1.54) is 0 Å². The van der Waals surface area contributed by atoms with Crippen molar-refractivity contribution in [2.24, 2.45) is 0 Å². The smallest absolute Gasteiger partial charge is 0.165 e. The monoisotopic (exact) mass is 300 g/mol.